The highest BCUT2D eigenvalue weighted by atomic mass is 16.5. The van der Waals surface area contributed by atoms with Crippen molar-refractivity contribution in [3.63, 3.8) is 0 Å². The summed E-state index contributed by atoms with van der Waals surface area (Å²) in [6.07, 6.45) is 11.9. The van der Waals surface area contributed by atoms with Crippen molar-refractivity contribution in [2.24, 2.45) is 5.92 Å². The first kappa shape index (κ1) is 28.0. The third-order valence-corrected chi connectivity index (χ3v) is 7.45. The van der Waals surface area contributed by atoms with Crippen LogP contribution in [0.1, 0.15) is 49.3 Å². The van der Waals surface area contributed by atoms with E-state index in [1.54, 1.807) is 0 Å². The lowest BCUT2D eigenvalue weighted by Gasteiger charge is -2.32. The lowest BCUT2D eigenvalue weighted by molar-refractivity contribution is 0.184. The van der Waals surface area contributed by atoms with Crippen LogP contribution in [0.15, 0.2) is 85.5 Å². The standard InChI is InChI=1S/C33H46N2O/c1-5-12-29(6-2)26-35-21-18-30(19-22-35)15-11-24-36-33-17-16-28(4)32(25-33)20-23-34(7-3)27-31-13-9-8-10-14-31/h5-6,8-10,12-14,16-17,25,30H,1-2,7,11,15,18-24,26-27H2,3-4H3/b29-12+. The molecule has 0 aromatic heterocycles. The number of nitrogens with zero attached hydrogens (tertiary/aromatic N) is 2. The van der Waals surface area contributed by atoms with Gasteiger partial charge in [0.2, 0.25) is 0 Å². The van der Waals surface area contributed by atoms with Crippen molar-refractivity contribution in [2.45, 2.75) is 52.5 Å². The van der Waals surface area contributed by atoms with E-state index in [2.05, 4.69) is 91.4 Å². The molecular weight excluding hydrogens is 440 g/mol. The van der Waals surface area contributed by atoms with Gasteiger partial charge < -0.3 is 4.74 Å². The molecule has 2 aromatic carbocycles. The molecule has 1 aliphatic rings. The Labute approximate surface area is 220 Å². The van der Waals surface area contributed by atoms with Gasteiger partial charge in [0.05, 0.1) is 6.61 Å². The smallest absolute Gasteiger partial charge is 0.119 e. The number of hydrogen-bond acceptors (Lipinski definition) is 3. The van der Waals surface area contributed by atoms with Crippen LogP contribution < -0.4 is 4.74 Å². The number of allylic oxidation sites excluding steroid dienone is 2. The second kappa shape index (κ2) is 15.5. The Balaban J connectivity index is 1.38. The van der Waals surface area contributed by atoms with E-state index in [9.17, 15) is 0 Å². The molecule has 36 heavy (non-hydrogen) atoms. The topological polar surface area (TPSA) is 15.7 Å². The van der Waals surface area contributed by atoms with Crippen molar-refractivity contribution in [1.29, 1.82) is 0 Å². The van der Waals surface area contributed by atoms with E-state index < -0.39 is 0 Å². The molecule has 0 spiro atoms. The van der Waals surface area contributed by atoms with Gasteiger partial charge in [-0.05, 0) is 99.0 Å². The van der Waals surface area contributed by atoms with Gasteiger partial charge in [-0.25, -0.2) is 0 Å². The van der Waals surface area contributed by atoms with Gasteiger partial charge in [0, 0.05) is 19.6 Å². The Kier molecular flexibility index (Phi) is 12.0. The van der Waals surface area contributed by atoms with Crippen LogP contribution in [0, 0.1) is 12.8 Å². The SMILES string of the molecule is C=C/C=C(\C=C)CN1CCC(CCCOc2ccc(C)c(CCN(CC)Cc3ccccc3)c2)CC1. The highest BCUT2D eigenvalue weighted by molar-refractivity contribution is 5.35. The molecule has 0 saturated carbocycles. The van der Waals surface area contributed by atoms with Gasteiger partial charge in [-0.2, -0.15) is 0 Å². The van der Waals surface area contributed by atoms with Gasteiger partial charge in [-0.15, -0.1) is 0 Å². The highest BCUT2D eigenvalue weighted by Gasteiger charge is 2.19. The van der Waals surface area contributed by atoms with E-state index in [-0.39, 0.29) is 0 Å². The third-order valence-electron chi connectivity index (χ3n) is 7.45. The maximum Gasteiger partial charge on any atom is 0.119 e. The largest absolute Gasteiger partial charge is 0.494 e. The van der Waals surface area contributed by atoms with E-state index in [0.717, 1.165) is 57.3 Å². The van der Waals surface area contributed by atoms with E-state index in [1.807, 2.05) is 12.2 Å². The Hall–Kier alpha value is -2.62. The quantitative estimate of drug-likeness (QED) is 0.195. The van der Waals surface area contributed by atoms with Gasteiger partial charge in [-0.1, -0.05) is 74.7 Å². The van der Waals surface area contributed by atoms with Crippen molar-refractivity contribution >= 4 is 0 Å². The van der Waals surface area contributed by atoms with Crippen molar-refractivity contribution < 1.29 is 4.74 Å². The van der Waals surface area contributed by atoms with Crippen molar-refractivity contribution in [3.8, 4) is 5.75 Å². The summed E-state index contributed by atoms with van der Waals surface area (Å²) in [7, 11) is 0. The summed E-state index contributed by atoms with van der Waals surface area (Å²) in [6, 6.07) is 17.4. The van der Waals surface area contributed by atoms with Gasteiger partial charge >= 0.3 is 0 Å². The maximum atomic E-state index is 6.18. The molecule has 1 aliphatic heterocycles. The maximum absolute atomic E-state index is 6.18. The summed E-state index contributed by atoms with van der Waals surface area (Å²) in [5.74, 6) is 1.83. The lowest BCUT2D eigenvalue weighted by Crippen LogP contribution is -2.35. The van der Waals surface area contributed by atoms with Crippen LogP contribution in [0.4, 0.5) is 0 Å². The van der Waals surface area contributed by atoms with Crippen molar-refractivity contribution in [2.75, 3.05) is 39.3 Å². The van der Waals surface area contributed by atoms with Crippen LogP contribution >= 0.6 is 0 Å². The molecule has 3 heteroatoms. The molecule has 194 valence electrons. The molecule has 2 aromatic rings. The molecule has 3 nitrogen and oxygen atoms in total. The molecular formula is C33H46N2O. The molecule has 0 unspecified atom stereocenters. The summed E-state index contributed by atoms with van der Waals surface area (Å²) in [6.45, 7) is 19.5. The molecule has 0 amide bonds. The zero-order valence-electron chi connectivity index (χ0n) is 22.6. The second-order valence-electron chi connectivity index (χ2n) is 10.1. The van der Waals surface area contributed by atoms with Crippen LogP contribution in [0.2, 0.25) is 0 Å². The normalized spacial score (nSPS) is 15.2. The predicted octanol–water partition coefficient (Wildman–Crippen LogP) is 7.23. The molecule has 1 heterocycles. The first-order valence-electron chi connectivity index (χ1n) is 13.8. The van der Waals surface area contributed by atoms with Crippen LogP contribution in [-0.2, 0) is 13.0 Å². The van der Waals surface area contributed by atoms with E-state index in [1.165, 1.54) is 54.6 Å². The predicted molar refractivity (Wildman–Crippen MR) is 155 cm³/mol. The van der Waals surface area contributed by atoms with Crippen LogP contribution in [0.25, 0.3) is 0 Å². The summed E-state index contributed by atoms with van der Waals surface area (Å²) >= 11 is 0. The van der Waals surface area contributed by atoms with Gasteiger partial charge in [-0.3, -0.25) is 9.80 Å². The minimum absolute atomic E-state index is 0.806. The fraction of sp³-hybridized carbons (Fsp3) is 0.455. The molecule has 0 aliphatic carbocycles. The molecule has 0 atom stereocenters. The fourth-order valence-corrected chi connectivity index (χ4v) is 5.07. The summed E-state index contributed by atoms with van der Waals surface area (Å²) in [5, 5.41) is 0. The number of aryl methyl sites for hydroxylation is 1. The minimum Gasteiger partial charge on any atom is -0.494 e. The lowest BCUT2D eigenvalue weighted by atomic mass is 9.92. The molecule has 3 rings (SSSR count). The average molecular weight is 487 g/mol. The Morgan fingerprint density at radius 2 is 1.89 bits per heavy atom. The van der Waals surface area contributed by atoms with Crippen LogP contribution in [0.3, 0.4) is 0 Å². The molecule has 1 fully saturated rings. The minimum atomic E-state index is 0.806. The van der Waals surface area contributed by atoms with Crippen molar-refractivity contribution in [1.82, 2.24) is 9.80 Å². The van der Waals surface area contributed by atoms with Gasteiger partial charge in [0.1, 0.15) is 5.75 Å². The van der Waals surface area contributed by atoms with Crippen LogP contribution in [0.5, 0.6) is 5.75 Å². The third kappa shape index (κ3) is 9.44. The number of piperidine rings is 1. The Morgan fingerprint density at radius 3 is 2.58 bits per heavy atom. The zero-order chi connectivity index (χ0) is 25.6. The molecule has 0 N–H and O–H groups in total. The number of likely N-dealkylation sites (tertiary alicyclic amines) is 1. The number of likely N-dealkylation sites (N-methyl/N-ethyl adjacent to an activating group) is 1. The second-order valence-corrected chi connectivity index (χ2v) is 10.1. The zero-order valence-corrected chi connectivity index (χ0v) is 22.6. The monoisotopic (exact) mass is 486 g/mol. The molecule has 0 bridgehead atoms. The van der Waals surface area contributed by atoms with Gasteiger partial charge in [0.25, 0.3) is 0 Å². The summed E-state index contributed by atoms with van der Waals surface area (Å²) < 4.78 is 6.18. The number of benzene rings is 2. The first-order valence-corrected chi connectivity index (χ1v) is 13.8. The number of rotatable bonds is 15. The summed E-state index contributed by atoms with van der Waals surface area (Å²) in [5.41, 5.74) is 5.39. The number of ether oxygens (including phenoxy) is 1. The Morgan fingerprint density at radius 1 is 1.11 bits per heavy atom. The fourth-order valence-electron chi connectivity index (χ4n) is 5.07. The van der Waals surface area contributed by atoms with Gasteiger partial charge in [0.15, 0.2) is 0 Å². The Bertz CT molecular complexity index is 957. The summed E-state index contributed by atoms with van der Waals surface area (Å²) in [4.78, 5) is 5.05. The highest BCUT2D eigenvalue weighted by Crippen LogP contribution is 2.24. The first-order chi connectivity index (χ1) is 17.6. The number of hydrogen-bond donors (Lipinski definition) is 0. The molecule has 0 radical (unpaired) electrons. The van der Waals surface area contributed by atoms with Crippen molar-refractivity contribution in [3.05, 3.63) is 102 Å². The van der Waals surface area contributed by atoms with E-state index in [4.69, 9.17) is 4.74 Å². The van der Waals surface area contributed by atoms with E-state index >= 15 is 0 Å². The van der Waals surface area contributed by atoms with Crippen LogP contribution in [-0.4, -0.2) is 49.1 Å². The van der Waals surface area contributed by atoms with E-state index in [0.29, 0.717) is 0 Å². The molecule has 1 saturated heterocycles. The average Bonchev–Trinajstić information content (AvgIpc) is 2.91.